The first-order chi connectivity index (χ1) is 18.4. The van der Waals surface area contributed by atoms with Crippen molar-refractivity contribution >= 4 is 33.1 Å². The van der Waals surface area contributed by atoms with Crippen LogP contribution in [0.25, 0.3) is 16.8 Å². The number of hydrogen-bond donors (Lipinski definition) is 2. The van der Waals surface area contributed by atoms with Gasteiger partial charge in [0.1, 0.15) is 6.04 Å². The van der Waals surface area contributed by atoms with Crippen molar-refractivity contribution in [2.24, 2.45) is 0 Å². The SMILES string of the molecule is CN1CCN(C)C(c2ccc(Nc3ncc4ccc(-c5cccc(S(=O)(=O)NC(C)(C)C)c5)n4n3)cc2)C1=O. The molecule has 1 amide bonds. The summed E-state index contributed by atoms with van der Waals surface area (Å²) in [6.45, 7) is 6.96. The lowest BCUT2D eigenvalue weighted by atomic mass is 10.0. The summed E-state index contributed by atoms with van der Waals surface area (Å²) >= 11 is 0. The largest absolute Gasteiger partial charge is 0.343 e. The zero-order valence-electron chi connectivity index (χ0n) is 22.7. The second-order valence-electron chi connectivity index (χ2n) is 10.9. The smallest absolute Gasteiger partial charge is 0.245 e. The molecule has 0 bridgehead atoms. The summed E-state index contributed by atoms with van der Waals surface area (Å²) in [4.78, 5) is 21.2. The fourth-order valence-corrected chi connectivity index (χ4v) is 6.15. The Balaban J connectivity index is 1.40. The van der Waals surface area contributed by atoms with E-state index in [4.69, 9.17) is 0 Å². The topological polar surface area (TPSA) is 112 Å². The van der Waals surface area contributed by atoms with E-state index in [1.54, 1.807) is 54.6 Å². The summed E-state index contributed by atoms with van der Waals surface area (Å²) in [5, 5.41) is 7.89. The Morgan fingerprint density at radius 3 is 2.44 bits per heavy atom. The fourth-order valence-electron chi connectivity index (χ4n) is 4.68. The van der Waals surface area contributed by atoms with Crippen molar-refractivity contribution in [3.63, 3.8) is 0 Å². The number of piperazine rings is 1. The average Bonchev–Trinajstić information content (AvgIpc) is 3.30. The van der Waals surface area contributed by atoms with Crippen molar-refractivity contribution in [3.05, 3.63) is 72.4 Å². The number of carbonyl (C=O) groups is 1. The van der Waals surface area contributed by atoms with Gasteiger partial charge in [0.15, 0.2) is 0 Å². The highest BCUT2D eigenvalue weighted by molar-refractivity contribution is 7.89. The van der Waals surface area contributed by atoms with Crippen molar-refractivity contribution in [1.82, 2.24) is 29.1 Å². The number of anilines is 2. The Kier molecular flexibility index (Phi) is 6.91. The molecule has 0 aliphatic carbocycles. The van der Waals surface area contributed by atoms with Crippen LogP contribution in [0.15, 0.2) is 71.8 Å². The molecule has 4 aromatic rings. The van der Waals surface area contributed by atoms with Gasteiger partial charge in [-0.15, -0.1) is 5.10 Å². The third-order valence-corrected chi connectivity index (χ3v) is 8.36. The third kappa shape index (κ3) is 5.65. The van der Waals surface area contributed by atoms with Crippen molar-refractivity contribution < 1.29 is 13.2 Å². The summed E-state index contributed by atoms with van der Waals surface area (Å²) in [7, 11) is 0.110. The molecular weight excluding hydrogens is 514 g/mol. The zero-order chi connectivity index (χ0) is 27.9. The molecule has 11 heteroatoms. The second-order valence-corrected chi connectivity index (χ2v) is 12.6. The summed E-state index contributed by atoms with van der Waals surface area (Å²) in [6.07, 6.45) is 1.71. The molecule has 1 fully saturated rings. The molecule has 2 N–H and O–H groups in total. The van der Waals surface area contributed by atoms with Gasteiger partial charge in [-0.25, -0.2) is 22.6 Å². The minimum Gasteiger partial charge on any atom is -0.343 e. The predicted molar refractivity (Wildman–Crippen MR) is 151 cm³/mol. The molecule has 5 rings (SSSR count). The number of aromatic nitrogens is 3. The van der Waals surface area contributed by atoms with Gasteiger partial charge in [0, 0.05) is 36.9 Å². The van der Waals surface area contributed by atoms with E-state index in [0.29, 0.717) is 11.5 Å². The van der Waals surface area contributed by atoms with Crippen LogP contribution in [0.1, 0.15) is 32.4 Å². The molecule has 0 saturated carbocycles. The molecule has 1 aliphatic heterocycles. The maximum atomic E-state index is 12.9. The normalized spacial score (nSPS) is 17.1. The number of likely N-dealkylation sites (N-methyl/N-ethyl adjacent to an activating group) is 2. The van der Waals surface area contributed by atoms with Gasteiger partial charge in [-0.05, 0) is 69.8 Å². The van der Waals surface area contributed by atoms with Crippen molar-refractivity contribution in [3.8, 4) is 11.3 Å². The number of rotatable bonds is 6. The van der Waals surface area contributed by atoms with E-state index in [1.165, 1.54) is 0 Å². The van der Waals surface area contributed by atoms with E-state index in [2.05, 4.69) is 25.0 Å². The Morgan fingerprint density at radius 1 is 0.974 bits per heavy atom. The van der Waals surface area contributed by atoms with Crippen LogP contribution in [0.4, 0.5) is 11.6 Å². The molecule has 1 saturated heterocycles. The van der Waals surface area contributed by atoms with Gasteiger partial charge in [-0.1, -0.05) is 24.3 Å². The van der Waals surface area contributed by atoms with E-state index in [-0.39, 0.29) is 16.8 Å². The zero-order valence-corrected chi connectivity index (χ0v) is 23.5. The molecule has 0 radical (unpaired) electrons. The van der Waals surface area contributed by atoms with E-state index in [9.17, 15) is 13.2 Å². The van der Waals surface area contributed by atoms with Crippen LogP contribution < -0.4 is 10.0 Å². The highest BCUT2D eigenvalue weighted by atomic mass is 32.2. The maximum absolute atomic E-state index is 12.9. The molecule has 2 aromatic carbocycles. The molecule has 1 atom stereocenters. The molecule has 39 heavy (non-hydrogen) atoms. The Bertz CT molecular complexity index is 1630. The number of nitrogens with one attached hydrogen (secondary N) is 2. The maximum Gasteiger partial charge on any atom is 0.245 e. The van der Waals surface area contributed by atoms with E-state index < -0.39 is 15.6 Å². The quantitative estimate of drug-likeness (QED) is 0.379. The summed E-state index contributed by atoms with van der Waals surface area (Å²) < 4.78 is 30.2. The fraction of sp³-hybridized carbons (Fsp3) is 0.321. The summed E-state index contributed by atoms with van der Waals surface area (Å²) in [6, 6.07) is 18.0. The number of amides is 1. The molecule has 3 heterocycles. The van der Waals surface area contributed by atoms with Gasteiger partial charge in [-0.2, -0.15) is 0 Å². The van der Waals surface area contributed by atoms with Crippen LogP contribution in [0.5, 0.6) is 0 Å². The number of hydrogen-bond acceptors (Lipinski definition) is 7. The number of fused-ring (bicyclic) bond motifs is 1. The Hall–Kier alpha value is -3.80. The first kappa shape index (κ1) is 26.8. The average molecular weight is 548 g/mol. The van der Waals surface area contributed by atoms with Gasteiger partial charge in [0.25, 0.3) is 0 Å². The van der Waals surface area contributed by atoms with Crippen molar-refractivity contribution in [2.75, 3.05) is 32.5 Å². The molecule has 2 aromatic heterocycles. The predicted octanol–water partition coefficient (Wildman–Crippen LogP) is 3.66. The van der Waals surface area contributed by atoms with Gasteiger partial charge in [0.2, 0.25) is 21.9 Å². The summed E-state index contributed by atoms with van der Waals surface area (Å²) in [5.41, 5.74) is 3.34. The molecule has 0 spiro atoms. The van der Waals surface area contributed by atoms with Gasteiger partial charge in [-0.3, -0.25) is 9.69 Å². The molecule has 10 nitrogen and oxygen atoms in total. The molecule has 1 aliphatic rings. The lowest BCUT2D eigenvalue weighted by Crippen LogP contribution is -2.48. The molecular formula is C28H33N7O3S. The van der Waals surface area contributed by atoms with Crippen LogP contribution in [-0.4, -0.2) is 71.4 Å². The Morgan fingerprint density at radius 2 is 1.72 bits per heavy atom. The lowest BCUT2D eigenvalue weighted by molar-refractivity contribution is -0.139. The first-order valence-corrected chi connectivity index (χ1v) is 14.2. The standard InChI is InChI=1S/C28H33N7O3S/c1-28(2,3)32-39(37,38)23-8-6-7-20(17-23)24-14-13-22-18-29-27(31-35(22)24)30-21-11-9-19(10-12-21)25-26(36)34(5)16-15-33(25)4/h6-14,17-18,25,32H,15-16H2,1-5H3,(H,30,31). The number of carbonyl (C=O) groups excluding carboxylic acids is 1. The van der Waals surface area contributed by atoms with Gasteiger partial charge in [0.05, 0.1) is 22.3 Å². The first-order valence-electron chi connectivity index (χ1n) is 12.7. The van der Waals surface area contributed by atoms with E-state index >= 15 is 0 Å². The highest BCUT2D eigenvalue weighted by Crippen LogP contribution is 2.28. The minimum atomic E-state index is -3.69. The van der Waals surface area contributed by atoms with Crippen LogP contribution in [0.2, 0.25) is 0 Å². The number of sulfonamides is 1. The van der Waals surface area contributed by atoms with Crippen LogP contribution in [0.3, 0.4) is 0 Å². The Labute approximate surface area is 228 Å². The monoisotopic (exact) mass is 547 g/mol. The van der Waals surface area contributed by atoms with E-state index in [1.807, 2.05) is 56.6 Å². The highest BCUT2D eigenvalue weighted by Gasteiger charge is 2.31. The van der Waals surface area contributed by atoms with Crippen LogP contribution in [-0.2, 0) is 14.8 Å². The third-order valence-electron chi connectivity index (χ3n) is 6.60. The number of nitrogens with zero attached hydrogens (tertiary/aromatic N) is 5. The summed E-state index contributed by atoms with van der Waals surface area (Å²) in [5.74, 6) is 0.473. The van der Waals surface area contributed by atoms with Crippen molar-refractivity contribution in [1.29, 1.82) is 0 Å². The lowest BCUT2D eigenvalue weighted by Gasteiger charge is -2.37. The van der Waals surface area contributed by atoms with Crippen molar-refractivity contribution in [2.45, 2.75) is 37.2 Å². The second kappa shape index (κ2) is 10.1. The van der Waals surface area contributed by atoms with Gasteiger partial charge < -0.3 is 10.2 Å². The molecule has 1 unspecified atom stereocenters. The van der Waals surface area contributed by atoms with E-state index in [0.717, 1.165) is 35.6 Å². The van der Waals surface area contributed by atoms with Crippen LogP contribution in [0, 0.1) is 0 Å². The van der Waals surface area contributed by atoms with Gasteiger partial charge >= 0.3 is 0 Å². The number of benzene rings is 2. The minimum absolute atomic E-state index is 0.0874. The van der Waals surface area contributed by atoms with Crippen LogP contribution >= 0.6 is 0 Å². The molecule has 204 valence electrons.